The highest BCUT2D eigenvalue weighted by atomic mass is 15.1. The van der Waals surface area contributed by atoms with Crippen molar-refractivity contribution in [1.82, 2.24) is 14.9 Å². The second-order valence-corrected chi connectivity index (χ2v) is 5.22. The van der Waals surface area contributed by atoms with Crippen molar-refractivity contribution in [2.24, 2.45) is 0 Å². The van der Waals surface area contributed by atoms with Crippen molar-refractivity contribution in [3.05, 3.63) is 53.6 Å². The quantitative estimate of drug-likeness (QED) is 0.913. The summed E-state index contributed by atoms with van der Waals surface area (Å²) in [6, 6.07) is 9.68. The van der Waals surface area contributed by atoms with E-state index in [2.05, 4.69) is 59.2 Å². The van der Waals surface area contributed by atoms with Gasteiger partial charge in [-0.1, -0.05) is 31.2 Å². The fourth-order valence-electron chi connectivity index (χ4n) is 3.25. The van der Waals surface area contributed by atoms with Gasteiger partial charge in [0.1, 0.15) is 5.82 Å². The molecule has 1 aromatic heterocycles. The molecule has 0 radical (unpaired) electrons. The maximum absolute atomic E-state index is 4.38. The number of hydrogen-bond acceptors (Lipinski definition) is 2. The summed E-state index contributed by atoms with van der Waals surface area (Å²) in [6.07, 6.45) is 6.34. The molecule has 100 valence electrons. The molecular formula is C16H21N3. The predicted molar refractivity (Wildman–Crippen MR) is 77.2 cm³/mol. The number of rotatable bonds is 3. The highest BCUT2D eigenvalue weighted by molar-refractivity contribution is 5.33. The topological polar surface area (TPSA) is 29.9 Å². The molecule has 0 saturated carbocycles. The Balaban J connectivity index is 2.01. The number of aromatic nitrogens is 2. The molecule has 3 heteroatoms. The van der Waals surface area contributed by atoms with E-state index in [1.807, 2.05) is 6.20 Å². The molecule has 19 heavy (non-hydrogen) atoms. The summed E-state index contributed by atoms with van der Waals surface area (Å²) >= 11 is 0. The lowest BCUT2D eigenvalue weighted by molar-refractivity contribution is 0.317. The molecule has 3 nitrogen and oxygen atoms in total. The van der Waals surface area contributed by atoms with Gasteiger partial charge < -0.3 is 9.88 Å². The number of aryl methyl sites for hydroxylation is 2. The smallest absolute Gasteiger partial charge is 0.105 e. The molecule has 1 aliphatic rings. The zero-order chi connectivity index (χ0) is 13.2. The largest absolute Gasteiger partial charge is 0.330 e. The van der Waals surface area contributed by atoms with Crippen molar-refractivity contribution in [3.8, 4) is 0 Å². The normalized spacial score (nSPS) is 22.2. The third-order valence-corrected chi connectivity index (χ3v) is 4.13. The van der Waals surface area contributed by atoms with E-state index in [1.165, 1.54) is 17.5 Å². The van der Waals surface area contributed by atoms with E-state index in [4.69, 9.17) is 0 Å². The van der Waals surface area contributed by atoms with Crippen LogP contribution in [0, 0.1) is 6.92 Å². The third-order valence-electron chi connectivity index (χ3n) is 4.13. The summed E-state index contributed by atoms with van der Waals surface area (Å²) in [6.45, 7) is 5.25. The Hall–Kier alpha value is -1.61. The molecule has 1 heterocycles. The lowest BCUT2D eigenvalue weighted by atomic mass is 9.83. The fraction of sp³-hybridized carbons (Fsp3) is 0.438. The molecule has 3 rings (SSSR count). The standard InChI is InChI=1S/C16H21N3/c1-3-17-16-14-7-5-4-6-13(14)8-9-15(16)19-11-10-18-12(19)2/h4-7,10-11,15-17H,3,8-9H2,1-2H3. The van der Waals surface area contributed by atoms with E-state index < -0.39 is 0 Å². The van der Waals surface area contributed by atoms with Crippen molar-refractivity contribution >= 4 is 0 Å². The van der Waals surface area contributed by atoms with Crippen LogP contribution in [0.1, 0.15) is 42.4 Å². The first kappa shape index (κ1) is 12.4. The Morgan fingerprint density at radius 2 is 2.21 bits per heavy atom. The number of nitrogens with zero attached hydrogens (tertiary/aromatic N) is 2. The van der Waals surface area contributed by atoms with Crippen LogP contribution in [0.3, 0.4) is 0 Å². The summed E-state index contributed by atoms with van der Waals surface area (Å²) in [7, 11) is 0. The lowest BCUT2D eigenvalue weighted by Gasteiger charge is -2.35. The van der Waals surface area contributed by atoms with Crippen molar-refractivity contribution in [1.29, 1.82) is 0 Å². The van der Waals surface area contributed by atoms with Gasteiger partial charge in [-0.2, -0.15) is 0 Å². The summed E-state index contributed by atoms with van der Waals surface area (Å²) in [4.78, 5) is 4.38. The SMILES string of the molecule is CCNC1c2ccccc2CCC1n1ccnc1C. The average Bonchev–Trinajstić information content (AvgIpc) is 2.86. The summed E-state index contributed by atoms with van der Waals surface area (Å²) in [5.74, 6) is 1.10. The Morgan fingerprint density at radius 1 is 1.37 bits per heavy atom. The molecule has 0 amide bonds. The monoisotopic (exact) mass is 255 g/mol. The van der Waals surface area contributed by atoms with Gasteiger partial charge in [-0.25, -0.2) is 4.98 Å². The number of nitrogens with one attached hydrogen (secondary N) is 1. The first-order valence-electron chi connectivity index (χ1n) is 7.12. The molecule has 2 aromatic rings. The van der Waals surface area contributed by atoms with Crippen LogP contribution in [0.15, 0.2) is 36.7 Å². The number of fused-ring (bicyclic) bond motifs is 1. The van der Waals surface area contributed by atoms with Crippen molar-refractivity contribution in [3.63, 3.8) is 0 Å². The minimum Gasteiger partial charge on any atom is -0.330 e. The lowest BCUT2D eigenvalue weighted by Crippen LogP contribution is -2.34. The average molecular weight is 255 g/mol. The van der Waals surface area contributed by atoms with Gasteiger partial charge in [-0.05, 0) is 37.4 Å². The van der Waals surface area contributed by atoms with Crippen LogP contribution in [0.4, 0.5) is 0 Å². The maximum Gasteiger partial charge on any atom is 0.105 e. The first-order chi connectivity index (χ1) is 9.31. The van der Waals surface area contributed by atoms with Gasteiger partial charge in [0.05, 0.1) is 12.1 Å². The van der Waals surface area contributed by atoms with Gasteiger partial charge in [0.2, 0.25) is 0 Å². The maximum atomic E-state index is 4.38. The van der Waals surface area contributed by atoms with Crippen molar-refractivity contribution in [2.45, 2.75) is 38.8 Å². The molecule has 2 unspecified atom stereocenters. The number of likely N-dealkylation sites (N-methyl/N-ethyl adjacent to an activating group) is 1. The first-order valence-corrected chi connectivity index (χ1v) is 7.12. The minimum atomic E-state index is 0.392. The van der Waals surface area contributed by atoms with Gasteiger partial charge in [0.25, 0.3) is 0 Å². The van der Waals surface area contributed by atoms with Gasteiger partial charge in [0, 0.05) is 12.4 Å². The van der Waals surface area contributed by atoms with E-state index in [0.29, 0.717) is 12.1 Å². The van der Waals surface area contributed by atoms with Crippen LogP contribution in [-0.2, 0) is 6.42 Å². The second-order valence-electron chi connectivity index (χ2n) is 5.22. The highest BCUT2D eigenvalue weighted by Crippen LogP contribution is 2.37. The third kappa shape index (κ3) is 2.19. The van der Waals surface area contributed by atoms with Crippen LogP contribution in [0.5, 0.6) is 0 Å². The Labute approximate surface area is 114 Å². The summed E-state index contributed by atoms with van der Waals surface area (Å²) in [5.41, 5.74) is 2.94. The molecule has 0 aliphatic heterocycles. The highest BCUT2D eigenvalue weighted by Gasteiger charge is 2.30. The molecule has 0 fully saturated rings. The molecule has 0 bridgehead atoms. The predicted octanol–water partition coefficient (Wildman–Crippen LogP) is 3.03. The van der Waals surface area contributed by atoms with Crippen LogP contribution < -0.4 is 5.32 Å². The fourth-order valence-corrected chi connectivity index (χ4v) is 3.25. The van der Waals surface area contributed by atoms with Gasteiger partial charge in [-0.15, -0.1) is 0 Å². The second kappa shape index (κ2) is 5.17. The number of hydrogen-bond donors (Lipinski definition) is 1. The molecule has 2 atom stereocenters. The van der Waals surface area contributed by atoms with Crippen LogP contribution in [0.25, 0.3) is 0 Å². The molecule has 0 saturated heterocycles. The molecular weight excluding hydrogens is 234 g/mol. The van der Waals surface area contributed by atoms with Crippen LogP contribution in [0.2, 0.25) is 0 Å². The van der Waals surface area contributed by atoms with Gasteiger partial charge in [0.15, 0.2) is 0 Å². The number of benzene rings is 1. The van der Waals surface area contributed by atoms with Crippen molar-refractivity contribution in [2.75, 3.05) is 6.54 Å². The van der Waals surface area contributed by atoms with Crippen LogP contribution in [-0.4, -0.2) is 16.1 Å². The van der Waals surface area contributed by atoms with Gasteiger partial charge >= 0.3 is 0 Å². The van der Waals surface area contributed by atoms with Gasteiger partial charge in [-0.3, -0.25) is 0 Å². The molecule has 1 N–H and O–H groups in total. The summed E-state index contributed by atoms with van der Waals surface area (Å²) in [5, 5.41) is 3.66. The van der Waals surface area contributed by atoms with Crippen molar-refractivity contribution < 1.29 is 0 Å². The zero-order valence-corrected chi connectivity index (χ0v) is 11.6. The van der Waals surface area contributed by atoms with E-state index >= 15 is 0 Å². The van der Waals surface area contributed by atoms with Crippen LogP contribution >= 0.6 is 0 Å². The molecule has 0 spiro atoms. The Bertz CT molecular complexity index is 559. The molecule has 1 aromatic carbocycles. The minimum absolute atomic E-state index is 0.392. The van der Waals surface area contributed by atoms with E-state index in [1.54, 1.807) is 0 Å². The van der Waals surface area contributed by atoms with E-state index in [9.17, 15) is 0 Å². The Morgan fingerprint density at radius 3 is 2.95 bits per heavy atom. The molecule has 1 aliphatic carbocycles. The van der Waals surface area contributed by atoms with E-state index in [0.717, 1.165) is 18.8 Å². The number of imidazole rings is 1. The van der Waals surface area contributed by atoms with E-state index in [-0.39, 0.29) is 0 Å². The zero-order valence-electron chi connectivity index (χ0n) is 11.6. The Kier molecular flexibility index (Phi) is 3.38. The summed E-state index contributed by atoms with van der Waals surface area (Å²) < 4.78 is 2.32.